The molecule has 162 valence electrons. The van der Waals surface area contributed by atoms with Crippen LogP contribution in [0.4, 0.5) is 0 Å². The first-order valence-corrected chi connectivity index (χ1v) is 10.6. The van der Waals surface area contributed by atoms with E-state index in [1.807, 2.05) is 48.5 Å². The number of rotatable bonds is 8. The molecule has 1 aliphatic rings. The molecule has 4 rings (SSSR count). The molecule has 0 aliphatic carbocycles. The van der Waals surface area contributed by atoms with Crippen molar-refractivity contribution in [3.05, 3.63) is 83.7 Å². The number of methoxy groups -OCH3 is 1. The summed E-state index contributed by atoms with van der Waals surface area (Å²) in [6, 6.07) is 20.2. The van der Waals surface area contributed by atoms with Crippen LogP contribution in [0.2, 0.25) is 0 Å². The zero-order chi connectivity index (χ0) is 21.6. The molecular formula is C25H29N3O3. The topological polar surface area (TPSA) is 55.7 Å². The largest absolute Gasteiger partial charge is 0.493 e. The van der Waals surface area contributed by atoms with Crippen molar-refractivity contribution >= 4 is 5.91 Å². The van der Waals surface area contributed by atoms with Crippen molar-refractivity contribution in [2.45, 2.75) is 32.7 Å². The third kappa shape index (κ3) is 5.09. The average molecular weight is 420 g/mol. The molecule has 0 radical (unpaired) electrons. The number of nitrogens with zero attached hydrogens (tertiary/aromatic N) is 2. The number of carbonyl (C=O) groups excluding carboxylic acids is 1. The molecule has 2 aromatic carbocycles. The predicted molar refractivity (Wildman–Crippen MR) is 120 cm³/mol. The van der Waals surface area contributed by atoms with Crippen molar-refractivity contribution in [1.29, 1.82) is 0 Å². The second-order valence-corrected chi connectivity index (χ2v) is 7.81. The van der Waals surface area contributed by atoms with Gasteiger partial charge in [0.05, 0.1) is 13.7 Å². The van der Waals surface area contributed by atoms with Crippen LogP contribution < -0.4 is 14.8 Å². The standard InChI is InChI=1S/C25H29N3O3/c1-19-22-9-6-12-27(22)13-14-28(19)17-25(29)26-16-21-10-11-23(24(15-21)30-2)31-18-20-7-4-3-5-8-20/h3-12,15,19H,13-14,16-18H2,1-2H3,(H,26,29). The molecule has 0 saturated heterocycles. The molecule has 1 unspecified atom stereocenters. The summed E-state index contributed by atoms with van der Waals surface area (Å²) in [6.07, 6.45) is 2.10. The lowest BCUT2D eigenvalue weighted by atomic mass is 10.1. The summed E-state index contributed by atoms with van der Waals surface area (Å²) in [5.74, 6) is 1.37. The number of fused-ring (bicyclic) bond motifs is 1. The molecule has 0 fully saturated rings. The zero-order valence-electron chi connectivity index (χ0n) is 18.1. The van der Waals surface area contributed by atoms with Crippen LogP contribution in [0.25, 0.3) is 0 Å². The SMILES string of the molecule is COc1cc(CNC(=O)CN2CCn3cccc3C2C)ccc1OCc1ccccc1. The van der Waals surface area contributed by atoms with Gasteiger partial charge in [0.2, 0.25) is 5.91 Å². The van der Waals surface area contributed by atoms with Gasteiger partial charge in [-0.3, -0.25) is 9.69 Å². The Morgan fingerprint density at radius 2 is 1.87 bits per heavy atom. The van der Waals surface area contributed by atoms with E-state index in [2.05, 4.69) is 40.0 Å². The molecule has 1 aromatic heterocycles. The van der Waals surface area contributed by atoms with Gasteiger partial charge < -0.3 is 19.4 Å². The summed E-state index contributed by atoms with van der Waals surface area (Å²) in [7, 11) is 1.63. The normalized spacial score (nSPS) is 15.9. The molecule has 0 bridgehead atoms. The number of aromatic nitrogens is 1. The summed E-state index contributed by atoms with van der Waals surface area (Å²) in [5.41, 5.74) is 3.33. The lowest BCUT2D eigenvalue weighted by Crippen LogP contribution is -2.42. The number of hydrogen-bond donors (Lipinski definition) is 1. The number of amides is 1. The minimum Gasteiger partial charge on any atom is -0.493 e. The van der Waals surface area contributed by atoms with Gasteiger partial charge in [-0.05, 0) is 42.3 Å². The Hall–Kier alpha value is -3.25. The van der Waals surface area contributed by atoms with Crippen LogP contribution in [0, 0.1) is 0 Å². The van der Waals surface area contributed by atoms with Gasteiger partial charge in [0, 0.05) is 37.6 Å². The third-order valence-corrected chi connectivity index (χ3v) is 5.77. The van der Waals surface area contributed by atoms with Gasteiger partial charge in [-0.1, -0.05) is 36.4 Å². The summed E-state index contributed by atoms with van der Waals surface area (Å²) in [5, 5.41) is 3.03. The van der Waals surface area contributed by atoms with Crippen LogP contribution in [0.1, 0.15) is 29.8 Å². The van der Waals surface area contributed by atoms with Crippen LogP contribution in [-0.4, -0.2) is 35.6 Å². The average Bonchev–Trinajstić information content (AvgIpc) is 3.29. The molecule has 0 spiro atoms. The van der Waals surface area contributed by atoms with Crippen LogP contribution >= 0.6 is 0 Å². The van der Waals surface area contributed by atoms with E-state index < -0.39 is 0 Å². The lowest BCUT2D eigenvalue weighted by molar-refractivity contribution is -0.123. The van der Waals surface area contributed by atoms with Gasteiger partial charge in [-0.2, -0.15) is 0 Å². The van der Waals surface area contributed by atoms with Crippen LogP contribution in [0.3, 0.4) is 0 Å². The molecule has 3 aromatic rings. The number of carbonyl (C=O) groups is 1. The minimum atomic E-state index is 0.0234. The molecule has 1 N–H and O–H groups in total. The molecule has 1 atom stereocenters. The fourth-order valence-corrected chi connectivity index (χ4v) is 3.96. The number of hydrogen-bond acceptors (Lipinski definition) is 4. The van der Waals surface area contributed by atoms with Gasteiger partial charge in [-0.15, -0.1) is 0 Å². The fraction of sp³-hybridized carbons (Fsp3) is 0.320. The molecular weight excluding hydrogens is 390 g/mol. The quantitative estimate of drug-likeness (QED) is 0.604. The summed E-state index contributed by atoms with van der Waals surface area (Å²) < 4.78 is 13.7. The van der Waals surface area contributed by atoms with Gasteiger partial charge in [-0.25, -0.2) is 0 Å². The maximum absolute atomic E-state index is 12.5. The van der Waals surface area contributed by atoms with E-state index in [1.165, 1.54) is 5.69 Å². The van der Waals surface area contributed by atoms with Crippen molar-refractivity contribution in [3.63, 3.8) is 0 Å². The monoisotopic (exact) mass is 419 g/mol. The zero-order valence-corrected chi connectivity index (χ0v) is 18.1. The van der Waals surface area contributed by atoms with Crippen molar-refractivity contribution in [1.82, 2.24) is 14.8 Å². The van der Waals surface area contributed by atoms with E-state index >= 15 is 0 Å². The molecule has 31 heavy (non-hydrogen) atoms. The minimum absolute atomic E-state index is 0.0234. The maximum Gasteiger partial charge on any atom is 0.234 e. The van der Waals surface area contributed by atoms with E-state index in [1.54, 1.807) is 7.11 Å². The van der Waals surface area contributed by atoms with E-state index in [-0.39, 0.29) is 11.9 Å². The van der Waals surface area contributed by atoms with E-state index in [4.69, 9.17) is 9.47 Å². The van der Waals surface area contributed by atoms with Crippen molar-refractivity contribution < 1.29 is 14.3 Å². The second kappa shape index (κ2) is 9.71. The number of benzene rings is 2. The first kappa shape index (κ1) is 21.0. The smallest absolute Gasteiger partial charge is 0.234 e. The molecule has 0 saturated carbocycles. The highest BCUT2D eigenvalue weighted by atomic mass is 16.5. The highest BCUT2D eigenvalue weighted by molar-refractivity contribution is 5.78. The molecule has 6 nitrogen and oxygen atoms in total. The van der Waals surface area contributed by atoms with Crippen molar-refractivity contribution in [2.75, 3.05) is 20.2 Å². The van der Waals surface area contributed by atoms with Gasteiger partial charge in [0.25, 0.3) is 0 Å². The van der Waals surface area contributed by atoms with Crippen molar-refractivity contribution in [2.24, 2.45) is 0 Å². The molecule has 6 heteroatoms. The Morgan fingerprint density at radius 3 is 2.68 bits per heavy atom. The fourth-order valence-electron chi connectivity index (χ4n) is 3.96. The van der Waals surface area contributed by atoms with Crippen LogP contribution in [0.5, 0.6) is 11.5 Å². The van der Waals surface area contributed by atoms with Gasteiger partial charge in [0.1, 0.15) is 6.61 Å². The van der Waals surface area contributed by atoms with E-state index in [0.29, 0.717) is 31.2 Å². The first-order valence-electron chi connectivity index (χ1n) is 10.6. The van der Waals surface area contributed by atoms with Gasteiger partial charge >= 0.3 is 0 Å². The number of nitrogens with one attached hydrogen (secondary N) is 1. The summed E-state index contributed by atoms with van der Waals surface area (Å²) in [6.45, 7) is 5.26. The Kier molecular flexibility index (Phi) is 6.57. The van der Waals surface area contributed by atoms with Crippen LogP contribution in [-0.2, 0) is 24.5 Å². The molecule has 2 heterocycles. The van der Waals surface area contributed by atoms with Crippen LogP contribution in [0.15, 0.2) is 66.9 Å². The van der Waals surface area contributed by atoms with Crippen molar-refractivity contribution in [3.8, 4) is 11.5 Å². The Morgan fingerprint density at radius 1 is 1.03 bits per heavy atom. The summed E-state index contributed by atoms with van der Waals surface area (Å²) >= 11 is 0. The predicted octanol–water partition coefficient (Wildman–Crippen LogP) is 3.77. The Bertz CT molecular complexity index is 1020. The van der Waals surface area contributed by atoms with E-state index in [0.717, 1.165) is 24.2 Å². The highest BCUT2D eigenvalue weighted by Crippen LogP contribution is 2.29. The summed E-state index contributed by atoms with van der Waals surface area (Å²) in [4.78, 5) is 14.8. The Balaban J connectivity index is 1.30. The Labute approximate surface area is 183 Å². The molecule has 1 amide bonds. The number of ether oxygens (including phenoxy) is 2. The second-order valence-electron chi connectivity index (χ2n) is 7.81. The lowest BCUT2D eigenvalue weighted by Gasteiger charge is -2.34. The highest BCUT2D eigenvalue weighted by Gasteiger charge is 2.24. The van der Waals surface area contributed by atoms with E-state index in [9.17, 15) is 4.79 Å². The first-order chi connectivity index (χ1) is 15.1. The molecule has 1 aliphatic heterocycles. The maximum atomic E-state index is 12.5. The third-order valence-electron chi connectivity index (χ3n) is 5.77. The van der Waals surface area contributed by atoms with Gasteiger partial charge in [0.15, 0.2) is 11.5 Å².